The highest BCUT2D eigenvalue weighted by atomic mass is 32.2. The predicted octanol–water partition coefficient (Wildman–Crippen LogP) is -1.04. The molecule has 0 spiro atoms. The van der Waals surface area contributed by atoms with E-state index in [9.17, 15) is 10.2 Å². The molecule has 1 unspecified atom stereocenters. The minimum atomic E-state index is -1.06. The average Bonchev–Trinajstić information content (AvgIpc) is 2.52. The van der Waals surface area contributed by atoms with E-state index in [1.54, 1.807) is 0 Å². The highest BCUT2D eigenvalue weighted by Crippen LogP contribution is 2.36. The number of aliphatic imine (C=N–C) groups is 1. The van der Waals surface area contributed by atoms with Crippen LogP contribution in [0, 0.1) is 0 Å². The van der Waals surface area contributed by atoms with E-state index in [0.29, 0.717) is 0 Å². The monoisotopic (exact) mass is 219 g/mol. The van der Waals surface area contributed by atoms with E-state index >= 15 is 0 Å². The molecule has 0 aromatic rings. The lowest BCUT2D eigenvalue weighted by atomic mass is 9.99. The van der Waals surface area contributed by atoms with Gasteiger partial charge in [0.05, 0.1) is 11.7 Å². The number of ether oxygens (including phenoxy) is 1. The van der Waals surface area contributed by atoms with Gasteiger partial charge in [-0.15, -0.1) is 0 Å². The number of nitrogens with zero attached hydrogens (tertiary/aromatic N) is 1. The van der Waals surface area contributed by atoms with Gasteiger partial charge in [-0.25, -0.2) is 0 Å². The largest absolute Gasteiger partial charge is 0.394 e. The fourth-order valence-corrected chi connectivity index (χ4v) is 2.79. The van der Waals surface area contributed by atoms with Crippen molar-refractivity contribution in [3.63, 3.8) is 0 Å². The quantitative estimate of drug-likeness (QED) is 0.525. The third-order valence-electron chi connectivity index (χ3n) is 2.47. The second-order valence-corrected chi connectivity index (χ2v) is 4.75. The number of aliphatic hydroxyl groups excluding tert-OH is 3. The van der Waals surface area contributed by atoms with Crippen LogP contribution in [0.3, 0.4) is 0 Å². The molecule has 6 heteroatoms. The average molecular weight is 219 g/mol. The van der Waals surface area contributed by atoms with Crippen LogP contribution in [-0.2, 0) is 4.74 Å². The van der Waals surface area contributed by atoms with Crippen LogP contribution < -0.4 is 0 Å². The normalized spacial score (nSPS) is 47.4. The Morgan fingerprint density at radius 2 is 2.14 bits per heavy atom. The number of aliphatic hydroxyl groups is 3. The third-order valence-corrected chi connectivity index (χ3v) is 3.53. The predicted molar refractivity (Wildman–Crippen MR) is 52.2 cm³/mol. The number of fused-ring (bicyclic) bond motifs is 1. The Kier molecular flexibility index (Phi) is 2.81. The highest BCUT2D eigenvalue weighted by Gasteiger charge is 2.47. The van der Waals surface area contributed by atoms with Gasteiger partial charge < -0.3 is 20.1 Å². The summed E-state index contributed by atoms with van der Waals surface area (Å²) in [6.45, 7) is 1.54. The summed E-state index contributed by atoms with van der Waals surface area (Å²) in [6.07, 6.45) is -2.72. The van der Waals surface area contributed by atoms with Crippen molar-refractivity contribution in [1.29, 1.82) is 0 Å². The summed E-state index contributed by atoms with van der Waals surface area (Å²) in [5.74, 6) is 0. The van der Waals surface area contributed by atoms with Crippen LogP contribution in [-0.4, -0.2) is 56.8 Å². The molecule has 1 saturated heterocycles. The van der Waals surface area contributed by atoms with Gasteiger partial charge in [-0.3, -0.25) is 4.99 Å². The van der Waals surface area contributed by atoms with Gasteiger partial charge in [0.2, 0.25) is 0 Å². The lowest BCUT2D eigenvalue weighted by Gasteiger charge is -2.37. The number of thioether (sulfide) groups is 1. The molecule has 2 heterocycles. The smallest absolute Gasteiger partial charge is 0.134 e. The van der Waals surface area contributed by atoms with Crippen LogP contribution in [0.1, 0.15) is 6.92 Å². The summed E-state index contributed by atoms with van der Waals surface area (Å²) in [7, 11) is 0. The highest BCUT2D eigenvalue weighted by molar-refractivity contribution is 8.14. The first kappa shape index (κ1) is 10.4. The van der Waals surface area contributed by atoms with Crippen molar-refractivity contribution in [2.24, 2.45) is 4.99 Å². The summed E-state index contributed by atoms with van der Waals surface area (Å²) in [5.41, 5.74) is -0.273. The van der Waals surface area contributed by atoms with Crippen LogP contribution in [0.25, 0.3) is 0 Å². The van der Waals surface area contributed by atoms with E-state index in [2.05, 4.69) is 4.99 Å². The summed E-state index contributed by atoms with van der Waals surface area (Å²) < 4.78 is 5.40. The second kappa shape index (κ2) is 3.79. The maximum Gasteiger partial charge on any atom is 0.134 e. The van der Waals surface area contributed by atoms with Crippen molar-refractivity contribution in [1.82, 2.24) is 0 Å². The number of hydrogen-bond acceptors (Lipinski definition) is 6. The van der Waals surface area contributed by atoms with Gasteiger partial charge in [0.25, 0.3) is 0 Å². The molecule has 0 bridgehead atoms. The standard InChI is InChI=1S/C8H13NO4S/c1-3-9-5-7(12)6(11)4(2-10)13-8(5)14-3/h4-8,10-12H,2H2,1H3/t4-,5-,6-,7-,8?/m1/s1. The van der Waals surface area contributed by atoms with E-state index in [0.717, 1.165) is 5.04 Å². The van der Waals surface area contributed by atoms with E-state index in [1.165, 1.54) is 11.8 Å². The Morgan fingerprint density at radius 3 is 2.79 bits per heavy atom. The van der Waals surface area contributed by atoms with E-state index < -0.39 is 24.4 Å². The van der Waals surface area contributed by atoms with E-state index in [4.69, 9.17) is 9.84 Å². The topological polar surface area (TPSA) is 82.3 Å². The van der Waals surface area contributed by atoms with Crippen molar-refractivity contribution in [2.45, 2.75) is 36.7 Å². The number of hydrogen-bond donors (Lipinski definition) is 3. The molecule has 2 rings (SSSR count). The number of rotatable bonds is 1. The Balaban J connectivity index is 2.14. The minimum Gasteiger partial charge on any atom is -0.394 e. The summed E-state index contributed by atoms with van der Waals surface area (Å²) in [5, 5.41) is 29.0. The zero-order valence-corrected chi connectivity index (χ0v) is 8.52. The molecule has 14 heavy (non-hydrogen) atoms. The molecule has 5 atom stereocenters. The van der Waals surface area contributed by atoms with Crippen LogP contribution >= 0.6 is 11.8 Å². The van der Waals surface area contributed by atoms with Crippen molar-refractivity contribution < 1.29 is 20.1 Å². The van der Waals surface area contributed by atoms with Crippen molar-refractivity contribution in [3.8, 4) is 0 Å². The molecule has 3 N–H and O–H groups in total. The molecule has 2 aliphatic heterocycles. The van der Waals surface area contributed by atoms with Crippen molar-refractivity contribution in [3.05, 3.63) is 0 Å². The summed E-state index contributed by atoms with van der Waals surface area (Å²) in [6, 6.07) is -0.405. The lowest BCUT2D eigenvalue weighted by Crippen LogP contribution is -2.55. The Morgan fingerprint density at radius 1 is 1.43 bits per heavy atom. The molecule has 1 fully saturated rings. The molecule has 0 aromatic heterocycles. The zero-order valence-electron chi connectivity index (χ0n) is 7.70. The van der Waals surface area contributed by atoms with Crippen LogP contribution in [0.5, 0.6) is 0 Å². The SMILES string of the molecule is CC1=N[C@H]2C(O[C@H](CO)[C@@H](O)[C@@H]2O)S1. The third kappa shape index (κ3) is 1.57. The molecule has 0 saturated carbocycles. The van der Waals surface area contributed by atoms with Crippen molar-refractivity contribution >= 4 is 16.8 Å². The fourth-order valence-electron chi connectivity index (χ4n) is 1.71. The molecule has 0 radical (unpaired) electrons. The van der Waals surface area contributed by atoms with Gasteiger partial charge in [-0.1, -0.05) is 11.8 Å². The Hall–Kier alpha value is -0.140. The van der Waals surface area contributed by atoms with Gasteiger partial charge in [0.1, 0.15) is 29.8 Å². The van der Waals surface area contributed by atoms with Crippen molar-refractivity contribution in [2.75, 3.05) is 6.61 Å². The van der Waals surface area contributed by atoms with Gasteiger partial charge in [-0.2, -0.15) is 0 Å². The van der Waals surface area contributed by atoms with Gasteiger partial charge in [0.15, 0.2) is 0 Å². The summed E-state index contributed by atoms with van der Waals surface area (Å²) >= 11 is 1.42. The van der Waals surface area contributed by atoms with Gasteiger partial charge in [-0.05, 0) is 6.92 Å². The molecule has 0 aromatic carbocycles. The summed E-state index contributed by atoms with van der Waals surface area (Å²) in [4.78, 5) is 4.17. The fraction of sp³-hybridized carbons (Fsp3) is 0.875. The van der Waals surface area contributed by atoms with Gasteiger partial charge in [0, 0.05) is 0 Å². The molecule has 2 aliphatic rings. The van der Waals surface area contributed by atoms with Crippen LogP contribution in [0.4, 0.5) is 0 Å². The van der Waals surface area contributed by atoms with Gasteiger partial charge >= 0.3 is 0 Å². The molecular weight excluding hydrogens is 206 g/mol. The first-order valence-electron chi connectivity index (χ1n) is 4.47. The Labute approximate surface area is 85.8 Å². The maximum absolute atomic E-state index is 9.71. The first-order valence-corrected chi connectivity index (χ1v) is 5.35. The zero-order chi connectivity index (χ0) is 10.3. The molecule has 5 nitrogen and oxygen atoms in total. The molecule has 0 amide bonds. The maximum atomic E-state index is 9.71. The molecule has 80 valence electrons. The molecular formula is C8H13NO4S. The molecule has 0 aliphatic carbocycles. The minimum absolute atomic E-state index is 0.273. The first-order chi connectivity index (χ1) is 6.63. The second-order valence-electron chi connectivity index (χ2n) is 3.46. The van der Waals surface area contributed by atoms with Crippen LogP contribution in [0.2, 0.25) is 0 Å². The lowest BCUT2D eigenvalue weighted by molar-refractivity contribution is -0.164. The Bertz CT molecular complexity index is 260. The van der Waals surface area contributed by atoms with E-state index in [1.807, 2.05) is 6.92 Å². The van der Waals surface area contributed by atoms with Crippen LogP contribution in [0.15, 0.2) is 4.99 Å². The van der Waals surface area contributed by atoms with E-state index in [-0.39, 0.29) is 12.0 Å².